The van der Waals surface area contributed by atoms with Crippen molar-refractivity contribution in [1.82, 2.24) is 10.6 Å². The Balaban J connectivity index is 1.45. The molecule has 0 spiro atoms. The van der Waals surface area contributed by atoms with Crippen molar-refractivity contribution >= 4 is 23.2 Å². The van der Waals surface area contributed by atoms with Crippen molar-refractivity contribution in [2.75, 3.05) is 38.2 Å². The third kappa shape index (κ3) is 6.48. The molecule has 0 saturated carbocycles. The highest BCUT2D eigenvalue weighted by molar-refractivity contribution is 6.03. The molecule has 2 heterocycles. The minimum absolute atomic E-state index is 0.367. The van der Waals surface area contributed by atoms with E-state index in [-0.39, 0.29) is 5.91 Å². The van der Waals surface area contributed by atoms with Crippen LogP contribution in [0.2, 0.25) is 0 Å². The molecule has 182 valence electrons. The molecule has 34 heavy (non-hydrogen) atoms. The highest BCUT2D eigenvalue weighted by Gasteiger charge is 2.23. The summed E-state index contributed by atoms with van der Waals surface area (Å²) in [5.74, 6) is 1.57. The summed E-state index contributed by atoms with van der Waals surface area (Å²) < 4.78 is 11.4. The van der Waals surface area contributed by atoms with Crippen LogP contribution in [-0.4, -0.2) is 49.9 Å². The van der Waals surface area contributed by atoms with E-state index in [1.165, 1.54) is 0 Å². The lowest BCUT2D eigenvalue weighted by Crippen LogP contribution is -2.25. The van der Waals surface area contributed by atoms with Gasteiger partial charge in [0.05, 0.1) is 12.2 Å². The molecule has 2 fully saturated rings. The quantitative estimate of drug-likeness (QED) is 0.472. The molecule has 2 aliphatic rings. The van der Waals surface area contributed by atoms with Gasteiger partial charge in [-0.25, -0.2) is 0 Å². The fourth-order valence-electron chi connectivity index (χ4n) is 4.16. The number of hydrogen-bond donors (Lipinski definition) is 4. The van der Waals surface area contributed by atoms with Gasteiger partial charge in [0.1, 0.15) is 5.75 Å². The average Bonchev–Trinajstić information content (AvgIpc) is 3.33. The first-order chi connectivity index (χ1) is 16.4. The fourth-order valence-corrected chi connectivity index (χ4v) is 4.16. The molecule has 2 saturated heterocycles. The smallest absolute Gasteiger partial charge is 0.280 e. The topological polar surface area (TPSA) is 104 Å². The number of nitrogens with one attached hydrogen (secondary N) is 3. The molecule has 8 heteroatoms. The summed E-state index contributed by atoms with van der Waals surface area (Å²) in [6, 6.07) is 13.0. The van der Waals surface area contributed by atoms with Gasteiger partial charge in [-0.05, 0) is 69.4 Å². The molecule has 4 N–H and O–H groups in total. The van der Waals surface area contributed by atoms with Crippen LogP contribution in [0.1, 0.15) is 49.0 Å². The number of benzene rings is 2. The Kier molecular flexibility index (Phi) is 7.70. The Bertz CT molecular complexity index is 1020. The van der Waals surface area contributed by atoms with E-state index >= 15 is 0 Å². The maximum atomic E-state index is 12.6. The highest BCUT2D eigenvalue weighted by atomic mass is 16.5. The first-order valence-electron chi connectivity index (χ1n) is 11.9. The van der Waals surface area contributed by atoms with E-state index in [4.69, 9.17) is 9.47 Å². The monoisotopic (exact) mass is 466 g/mol. The normalized spacial score (nSPS) is 16.5. The Morgan fingerprint density at radius 2 is 1.94 bits per heavy atom. The van der Waals surface area contributed by atoms with E-state index in [0.717, 1.165) is 57.0 Å². The number of hydrogen-bond acceptors (Lipinski definition) is 5. The number of nitrogens with zero attached hydrogens (tertiary/aromatic N) is 1. The maximum Gasteiger partial charge on any atom is 0.280 e. The van der Waals surface area contributed by atoms with Gasteiger partial charge in [-0.2, -0.15) is 4.99 Å². The van der Waals surface area contributed by atoms with Gasteiger partial charge >= 0.3 is 0 Å². The van der Waals surface area contributed by atoms with Crippen molar-refractivity contribution in [1.29, 1.82) is 0 Å². The molecule has 2 aromatic rings. The number of amides is 1. The molecule has 2 aromatic carbocycles. The summed E-state index contributed by atoms with van der Waals surface area (Å²) in [5, 5.41) is 20.2. The molecule has 1 amide bonds. The van der Waals surface area contributed by atoms with Crippen molar-refractivity contribution in [3.05, 3.63) is 53.6 Å². The van der Waals surface area contributed by atoms with E-state index in [0.29, 0.717) is 35.3 Å². The number of ether oxygens (including phenoxy) is 2. The second kappa shape index (κ2) is 10.9. The lowest BCUT2D eigenvalue weighted by Gasteiger charge is -2.23. The minimum atomic E-state index is -1.16. The Morgan fingerprint density at radius 1 is 1.18 bits per heavy atom. The van der Waals surface area contributed by atoms with Crippen LogP contribution < -0.4 is 20.7 Å². The van der Waals surface area contributed by atoms with E-state index < -0.39 is 5.60 Å². The average molecular weight is 467 g/mol. The second-order valence-electron chi connectivity index (χ2n) is 9.28. The summed E-state index contributed by atoms with van der Waals surface area (Å²) in [4.78, 5) is 16.7. The van der Waals surface area contributed by atoms with Gasteiger partial charge in [0.15, 0.2) is 5.96 Å². The second-order valence-corrected chi connectivity index (χ2v) is 9.28. The van der Waals surface area contributed by atoms with Crippen LogP contribution in [0.4, 0.5) is 11.4 Å². The lowest BCUT2D eigenvalue weighted by atomic mass is 9.94. The van der Waals surface area contributed by atoms with Crippen LogP contribution in [-0.2, 0) is 10.3 Å². The molecule has 8 nitrogen and oxygen atoms in total. The minimum Gasteiger partial charge on any atom is -0.494 e. The molecule has 4 rings (SSSR count). The number of carbonyl (C=O) groups excluding carboxylic acids is 1. The first-order valence-corrected chi connectivity index (χ1v) is 11.9. The van der Waals surface area contributed by atoms with E-state index in [1.54, 1.807) is 32.0 Å². The Labute approximate surface area is 200 Å². The number of aliphatic hydroxyl groups is 1. The predicted molar refractivity (Wildman–Crippen MR) is 133 cm³/mol. The molecule has 0 aliphatic carbocycles. The van der Waals surface area contributed by atoms with Crippen molar-refractivity contribution in [3.63, 3.8) is 0 Å². The summed E-state index contributed by atoms with van der Waals surface area (Å²) in [7, 11) is 0. The molecule has 0 bridgehead atoms. The third-order valence-electron chi connectivity index (χ3n) is 6.10. The first kappa shape index (κ1) is 24.0. The molecule has 0 atom stereocenters. The molecule has 0 aromatic heterocycles. The van der Waals surface area contributed by atoms with Crippen LogP contribution in [0.3, 0.4) is 0 Å². The standard InChI is InChI=1S/C26H34N4O4/c1-26(2,32)22-16-19(24(31)30-25-27-11-12-28-25)6-7-23(22)29-20-4-3-5-21(17-20)34-15-10-18-8-13-33-14-9-18/h3-7,16-18,29,32H,8-15H2,1-2H3,(H2,27,28,30,31). The van der Waals surface area contributed by atoms with Crippen LogP contribution >= 0.6 is 0 Å². The Morgan fingerprint density at radius 3 is 2.68 bits per heavy atom. The summed E-state index contributed by atoms with van der Waals surface area (Å²) in [6.45, 7) is 7.24. The zero-order chi connectivity index (χ0) is 24.0. The van der Waals surface area contributed by atoms with Crippen molar-refractivity contribution in [2.24, 2.45) is 10.9 Å². The molecule has 2 aliphatic heterocycles. The zero-order valence-corrected chi connectivity index (χ0v) is 19.9. The highest BCUT2D eigenvalue weighted by Crippen LogP contribution is 2.32. The van der Waals surface area contributed by atoms with Crippen LogP contribution in [0.25, 0.3) is 0 Å². The number of carbonyl (C=O) groups is 1. The maximum absolute atomic E-state index is 12.6. The van der Waals surface area contributed by atoms with E-state index in [1.807, 2.05) is 24.3 Å². The summed E-state index contributed by atoms with van der Waals surface area (Å²) >= 11 is 0. The van der Waals surface area contributed by atoms with Gasteiger partial charge in [-0.1, -0.05) is 6.07 Å². The van der Waals surface area contributed by atoms with Gasteiger partial charge < -0.3 is 30.5 Å². The Hall–Kier alpha value is -3.10. The van der Waals surface area contributed by atoms with Crippen molar-refractivity contribution in [3.8, 4) is 5.75 Å². The molecule has 0 unspecified atom stereocenters. The molecular formula is C26H34N4O4. The largest absolute Gasteiger partial charge is 0.494 e. The van der Waals surface area contributed by atoms with Gasteiger partial charge in [-0.3, -0.25) is 4.79 Å². The number of anilines is 2. The van der Waals surface area contributed by atoms with E-state index in [2.05, 4.69) is 20.9 Å². The van der Waals surface area contributed by atoms with Gasteiger partial charge in [-0.15, -0.1) is 0 Å². The SMILES string of the molecule is CC(C)(O)c1cc(C(=O)N=C2NCCN2)ccc1Nc1cccc(OCCC2CCOCC2)c1. The number of guanidine groups is 1. The van der Waals surface area contributed by atoms with E-state index in [9.17, 15) is 9.90 Å². The van der Waals surface area contributed by atoms with Crippen LogP contribution in [0.15, 0.2) is 47.5 Å². The molecular weight excluding hydrogens is 432 g/mol. The summed E-state index contributed by atoms with van der Waals surface area (Å²) in [6.07, 6.45) is 3.22. The molecule has 0 radical (unpaired) electrons. The third-order valence-corrected chi connectivity index (χ3v) is 6.10. The van der Waals surface area contributed by atoms with Gasteiger partial charge in [0.2, 0.25) is 0 Å². The fraction of sp³-hybridized carbons (Fsp3) is 0.462. The summed E-state index contributed by atoms with van der Waals surface area (Å²) in [5.41, 5.74) is 1.42. The predicted octanol–water partition coefficient (Wildman–Crippen LogP) is 3.54. The number of aliphatic imine (C=N–C) groups is 1. The van der Waals surface area contributed by atoms with Crippen molar-refractivity contribution < 1.29 is 19.4 Å². The van der Waals surface area contributed by atoms with Gasteiger partial charge in [0.25, 0.3) is 5.91 Å². The lowest BCUT2D eigenvalue weighted by molar-refractivity contribution is 0.0593. The zero-order valence-electron chi connectivity index (χ0n) is 19.9. The van der Waals surface area contributed by atoms with Gasteiger partial charge in [0, 0.05) is 54.9 Å². The number of rotatable bonds is 8. The van der Waals surface area contributed by atoms with Crippen molar-refractivity contribution in [2.45, 2.75) is 38.7 Å². The van der Waals surface area contributed by atoms with Crippen LogP contribution in [0, 0.1) is 5.92 Å². The van der Waals surface area contributed by atoms with Crippen LogP contribution in [0.5, 0.6) is 5.75 Å².